The molecule has 1 atom stereocenters. The highest BCUT2D eigenvalue weighted by Crippen LogP contribution is 2.19. The summed E-state index contributed by atoms with van der Waals surface area (Å²) in [7, 11) is 0. The van der Waals surface area contributed by atoms with E-state index in [2.05, 4.69) is 28.6 Å². The summed E-state index contributed by atoms with van der Waals surface area (Å²) in [4.78, 5) is 4.12. The Balaban J connectivity index is 2.32. The molecule has 2 nitrogen and oxygen atoms in total. The first kappa shape index (κ1) is 10.2. The maximum absolute atomic E-state index is 5.84. The van der Waals surface area contributed by atoms with Crippen molar-refractivity contribution in [2.45, 2.75) is 18.8 Å². The third-order valence-corrected chi connectivity index (χ3v) is 2.86. The van der Waals surface area contributed by atoms with Gasteiger partial charge in [-0.05, 0) is 12.5 Å². The van der Waals surface area contributed by atoms with Gasteiger partial charge in [0.1, 0.15) is 0 Å². The minimum atomic E-state index is 0.280. The van der Waals surface area contributed by atoms with Crippen molar-refractivity contribution in [2.24, 2.45) is 0 Å². The number of rotatable bonds is 3. The lowest BCUT2D eigenvalue weighted by atomic mass is 10.1. The van der Waals surface area contributed by atoms with Crippen molar-refractivity contribution < 1.29 is 0 Å². The van der Waals surface area contributed by atoms with Crippen molar-refractivity contribution in [1.29, 1.82) is 0 Å². The van der Waals surface area contributed by atoms with Gasteiger partial charge in [0.25, 0.3) is 0 Å². The second-order valence-electron chi connectivity index (χ2n) is 3.51. The van der Waals surface area contributed by atoms with Gasteiger partial charge < -0.3 is 4.57 Å². The zero-order chi connectivity index (χ0) is 10.7. The SMILES string of the molecule is C[C@@H](c1ccccc1)n1cncc1CCl. The van der Waals surface area contributed by atoms with Crippen molar-refractivity contribution in [3.63, 3.8) is 0 Å². The van der Waals surface area contributed by atoms with E-state index in [1.165, 1.54) is 5.56 Å². The summed E-state index contributed by atoms with van der Waals surface area (Å²) in [5.41, 5.74) is 2.31. The fourth-order valence-electron chi connectivity index (χ4n) is 1.68. The molecule has 15 heavy (non-hydrogen) atoms. The summed E-state index contributed by atoms with van der Waals surface area (Å²) in [6, 6.07) is 10.6. The first-order chi connectivity index (χ1) is 7.33. The number of hydrogen-bond donors (Lipinski definition) is 0. The molecule has 0 aliphatic heterocycles. The second-order valence-corrected chi connectivity index (χ2v) is 3.78. The number of halogens is 1. The van der Waals surface area contributed by atoms with Gasteiger partial charge in [-0.1, -0.05) is 30.3 Å². The molecular weight excluding hydrogens is 208 g/mol. The monoisotopic (exact) mass is 220 g/mol. The summed E-state index contributed by atoms with van der Waals surface area (Å²) < 4.78 is 2.10. The van der Waals surface area contributed by atoms with E-state index in [0.29, 0.717) is 5.88 Å². The quantitative estimate of drug-likeness (QED) is 0.727. The first-order valence-corrected chi connectivity index (χ1v) is 5.48. The molecule has 0 bridgehead atoms. The third kappa shape index (κ3) is 2.05. The van der Waals surface area contributed by atoms with E-state index in [9.17, 15) is 0 Å². The van der Waals surface area contributed by atoms with E-state index in [4.69, 9.17) is 11.6 Å². The van der Waals surface area contributed by atoms with Gasteiger partial charge in [-0.25, -0.2) is 4.98 Å². The highest BCUT2D eigenvalue weighted by atomic mass is 35.5. The van der Waals surface area contributed by atoms with Gasteiger partial charge in [0.15, 0.2) is 0 Å². The molecule has 0 amide bonds. The zero-order valence-electron chi connectivity index (χ0n) is 8.60. The lowest BCUT2D eigenvalue weighted by Gasteiger charge is -2.15. The van der Waals surface area contributed by atoms with Gasteiger partial charge in [0.2, 0.25) is 0 Å². The van der Waals surface area contributed by atoms with E-state index in [-0.39, 0.29) is 6.04 Å². The number of benzene rings is 1. The highest BCUT2D eigenvalue weighted by molar-refractivity contribution is 6.16. The number of imidazole rings is 1. The van der Waals surface area contributed by atoms with Crippen LogP contribution in [0.25, 0.3) is 0 Å². The van der Waals surface area contributed by atoms with Crippen LogP contribution in [0.2, 0.25) is 0 Å². The van der Waals surface area contributed by atoms with Crippen molar-refractivity contribution >= 4 is 11.6 Å². The van der Waals surface area contributed by atoms with Gasteiger partial charge in [-0.3, -0.25) is 0 Å². The number of nitrogens with zero attached hydrogens (tertiary/aromatic N) is 2. The van der Waals surface area contributed by atoms with Gasteiger partial charge in [0, 0.05) is 6.20 Å². The standard InChI is InChI=1S/C12H13ClN2/c1-10(11-5-3-2-4-6-11)15-9-14-8-12(15)7-13/h2-6,8-10H,7H2,1H3/t10-/m0/s1. The molecule has 2 rings (SSSR count). The van der Waals surface area contributed by atoms with E-state index in [0.717, 1.165) is 5.69 Å². The smallest absolute Gasteiger partial charge is 0.0954 e. The van der Waals surface area contributed by atoms with E-state index in [1.807, 2.05) is 30.7 Å². The van der Waals surface area contributed by atoms with Crippen LogP contribution >= 0.6 is 11.6 Å². The average molecular weight is 221 g/mol. The largest absolute Gasteiger partial charge is 0.326 e. The molecule has 0 aliphatic carbocycles. The van der Waals surface area contributed by atoms with Crippen LogP contribution in [0.1, 0.15) is 24.2 Å². The Bertz CT molecular complexity index is 422. The molecule has 0 spiro atoms. The summed E-state index contributed by atoms with van der Waals surface area (Å²) in [5, 5.41) is 0. The Morgan fingerprint density at radius 1 is 1.33 bits per heavy atom. The van der Waals surface area contributed by atoms with Crippen molar-refractivity contribution in [3.05, 3.63) is 54.1 Å². The molecule has 0 fully saturated rings. The van der Waals surface area contributed by atoms with Crippen LogP contribution < -0.4 is 0 Å². The molecule has 0 radical (unpaired) electrons. The maximum Gasteiger partial charge on any atom is 0.0954 e. The van der Waals surface area contributed by atoms with Crippen LogP contribution in [-0.4, -0.2) is 9.55 Å². The van der Waals surface area contributed by atoms with Crippen LogP contribution in [0.4, 0.5) is 0 Å². The molecule has 2 aromatic rings. The summed E-state index contributed by atoms with van der Waals surface area (Å²) in [5.74, 6) is 0.497. The minimum absolute atomic E-state index is 0.280. The summed E-state index contributed by atoms with van der Waals surface area (Å²) >= 11 is 5.84. The Morgan fingerprint density at radius 3 is 2.73 bits per heavy atom. The number of aromatic nitrogens is 2. The van der Waals surface area contributed by atoms with Crippen molar-refractivity contribution in [1.82, 2.24) is 9.55 Å². The second kappa shape index (κ2) is 4.49. The highest BCUT2D eigenvalue weighted by Gasteiger charge is 2.09. The Labute approximate surface area is 94.5 Å². The molecule has 0 N–H and O–H groups in total. The predicted octanol–water partition coefficient (Wildman–Crippen LogP) is 3.23. The van der Waals surface area contributed by atoms with E-state index >= 15 is 0 Å². The van der Waals surface area contributed by atoms with Gasteiger partial charge in [-0.15, -0.1) is 11.6 Å². The molecule has 0 unspecified atom stereocenters. The molecular formula is C12H13ClN2. The lowest BCUT2D eigenvalue weighted by molar-refractivity contribution is 0.620. The Hall–Kier alpha value is -1.28. The molecule has 0 aliphatic rings. The minimum Gasteiger partial charge on any atom is -0.326 e. The van der Waals surface area contributed by atoms with Crippen LogP contribution in [0, 0.1) is 0 Å². The van der Waals surface area contributed by atoms with Crippen LogP contribution in [0.3, 0.4) is 0 Å². The maximum atomic E-state index is 5.84. The fraction of sp³-hybridized carbons (Fsp3) is 0.250. The van der Waals surface area contributed by atoms with E-state index in [1.54, 1.807) is 0 Å². The van der Waals surface area contributed by atoms with Gasteiger partial charge in [0.05, 0.1) is 23.9 Å². The summed E-state index contributed by atoms with van der Waals surface area (Å²) in [6.07, 6.45) is 3.64. The van der Waals surface area contributed by atoms with Crippen LogP contribution in [0.15, 0.2) is 42.9 Å². The first-order valence-electron chi connectivity index (χ1n) is 4.94. The predicted molar refractivity (Wildman–Crippen MR) is 62.0 cm³/mol. The molecule has 1 aromatic heterocycles. The van der Waals surface area contributed by atoms with Crippen molar-refractivity contribution in [3.8, 4) is 0 Å². The fourth-order valence-corrected chi connectivity index (χ4v) is 1.88. The third-order valence-electron chi connectivity index (χ3n) is 2.58. The van der Waals surface area contributed by atoms with Crippen LogP contribution in [-0.2, 0) is 5.88 Å². The topological polar surface area (TPSA) is 17.8 Å². The summed E-state index contributed by atoms with van der Waals surface area (Å²) in [6.45, 7) is 2.15. The normalized spacial score (nSPS) is 12.7. The molecule has 1 aromatic carbocycles. The van der Waals surface area contributed by atoms with Gasteiger partial charge >= 0.3 is 0 Å². The Morgan fingerprint density at radius 2 is 2.07 bits per heavy atom. The molecule has 3 heteroatoms. The van der Waals surface area contributed by atoms with Crippen LogP contribution in [0.5, 0.6) is 0 Å². The molecule has 0 saturated carbocycles. The molecule has 0 saturated heterocycles. The lowest BCUT2D eigenvalue weighted by Crippen LogP contribution is -2.07. The molecule has 1 heterocycles. The average Bonchev–Trinajstić information content (AvgIpc) is 2.77. The number of alkyl halides is 1. The Kier molecular flexibility index (Phi) is 3.07. The number of hydrogen-bond acceptors (Lipinski definition) is 1. The zero-order valence-corrected chi connectivity index (χ0v) is 9.35. The van der Waals surface area contributed by atoms with Gasteiger partial charge in [-0.2, -0.15) is 0 Å². The van der Waals surface area contributed by atoms with Crippen molar-refractivity contribution in [2.75, 3.05) is 0 Å². The molecule has 78 valence electrons. The van der Waals surface area contributed by atoms with E-state index < -0.39 is 0 Å².